The Morgan fingerprint density at radius 1 is 1.35 bits per heavy atom. The van der Waals surface area contributed by atoms with Crippen LogP contribution in [0.5, 0.6) is 0 Å². The summed E-state index contributed by atoms with van der Waals surface area (Å²) in [5, 5.41) is 8.09. The van der Waals surface area contributed by atoms with Gasteiger partial charge in [-0.3, -0.25) is 0 Å². The molecule has 0 aliphatic carbocycles. The van der Waals surface area contributed by atoms with Crippen LogP contribution in [0.1, 0.15) is 18.9 Å². The SMILES string of the molecule is C=C(C)c1ccccc1.C=C(CC=CC#N)C(=O)OC. The number of esters is 1. The molecule has 3 heteroatoms. The van der Waals surface area contributed by atoms with E-state index in [0.29, 0.717) is 12.0 Å². The normalized spacial score (nSPS) is 9.05. The van der Waals surface area contributed by atoms with Crippen LogP contribution >= 0.6 is 0 Å². The number of nitrogens with zero attached hydrogens (tertiary/aromatic N) is 1. The van der Waals surface area contributed by atoms with Gasteiger partial charge in [0.15, 0.2) is 0 Å². The van der Waals surface area contributed by atoms with Gasteiger partial charge in [0.25, 0.3) is 0 Å². The minimum atomic E-state index is -0.437. The third-order valence-electron chi connectivity index (χ3n) is 2.30. The predicted molar refractivity (Wildman–Crippen MR) is 81.7 cm³/mol. The van der Waals surface area contributed by atoms with E-state index in [-0.39, 0.29) is 0 Å². The van der Waals surface area contributed by atoms with Crippen LogP contribution in [0.15, 0.2) is 61.2 Å². The van der Waals surface area contributed by atoms with Gasteiger partial charge in [0.1, 0.15) is 0 Å². The van der Waals surface area contributed by atoms with Crippen molar-refractivity contribution < 1.29 is 9.53 Å². The van der Waals surface area contributed by atoms with Gasteiger partial charge in [0.2, 0.25) is 0 Å². The summed E-state index contributed by atoms with van der Waals surface area (Å²) in [6.07, 6.45) is 3.22. The number of hydrogen-bond acceptors (Lipinski definition) is 3. The van der Waals surface area contributed by atoms with Gasteiger partial charge < -0.3 is 4.74 Å². The Labute approximate surface area is 120 Å². The zero-order valence-electron chi connectivity index (χ0n) is 11.9. The fourth-order valence-corrected chi connectivity index (χ4v) is 1.20. The molecule has 0 bridgehead atoms. The van der Waals surface area contributed by atoms with Crippen LogP contribution in [0.3, 0.4) is 0 Å². The zero-order chi connectivity index (χ0) is 15.4. The second kappa shape index (κ2) is 10.3. The van der Waals surface area contributed by atoms with E-state index >= 15 is 0 Å². The summed E-state index contributed by atoms with van der Waals surface area (Å²) in [5.41, 5.74) is 2.69. The van der Waals surface area contributed by atoms with Crippen molar-refractivity contribution in [2.45, 2.75) is 13.3 Å². The molecule has 0 spiro atoms. The van der Waals surface area contributed by atoms with Crippen molar-refractivity contribution in [3.8, 4) is 6.07 Å². The molecular formula is C17H19NO2. The van der Waals surface area contributed by atoms with Crippen LogP contribution in [-0.4, -0.2) is 13.1 Å². The first-order chi connectivity index (χ1) is 9.52. The van der Waals surface area contributed by atoms with E-state index in [1.807, 2.05) is 25.1 Å². The quantitative estimate of drug-likeness (QED) is 0.473. The number of methoxy groups -OCH3 is 1. The van der Waals surface area contributed by atoms with E-state index in [4.69, 9.17) is 5.26 Å². The van der Waals surface area contributed by atoms with Crippen molar-refractivity contribution >= 4 is 11.5 Å². The van der Waals surface area contributed by atoms with Crippen LogP contribution in [0.4, 0.5) is 0 Å². The molecule has 20 heavy (non-hydrogen) atoms. The van der Waals surface area contributed by atoms with Gasteiger partial charge in [0, 0.05) is 11.6 Å². The summed E-state index contributed by atoms with van der Waals surface area (Å²) < 4.78 is 4.39. The van der Waals surface area contributed by atoms with Gasteiger partial charge in [0.05, 0.1) is 13.2 Å². The number of carbonyl (C=O) groups excluding carboxylic acids is 1. The highest BCUT2D eigenvalue weighted by Crippen LogP contribution is 2.08. The number of rotatable bonds is 4. The fourth-order valence-electron chi connectivity index (χ4n) is 1.20. The van der Waals surface area contributed by atoms with Crippen molar-refractivity contribution in [3.05, 3.63) is 66.8 Å². The molecule has 0 radical (unpaired) electrons. The Balaban J connectivity index is 0.000000367. The summed E-state index contributed by atoms with van der Waals surface area (Å²) in [7, 11) is 1.29. The molecule has 0 amide bonds. The summed E-state index contributed by atoms with van der Waals surface area (Å²) >= 11 is 0. The van der Waals surface area contributed by atoms with E-state index in [1.54, 1.807) is 12.1 Å². The highest BCUT2D eigenvalue weighted by Gasteiger charge is 2.02. The third kappa shape index (κ3) is 7.67. The molecule has 0 unspecified atom stereocenters. The molecule has 0 fully saturated rings. The summed E-state index contributed by atoms with van der Waals surface area (Å²) in [6, 6.07) is 12.0. The summed E-state index contributed by atoms with van der Waals surface area (Å²) in [4.78, 5) is 10.7. The highest BCUT2D eigenvalue weighted by molar-refractivity contribution is 5.87. The summed E-state index contributed by atoms with van der Waals surface area (Å²) in [6.45, 7) is 9.30. The van der Waals surface area contributed by atoms with Gasteiger partial charge >= 0.3 is 5.97 Å². The lowest BCUT2D eigenvalue weighted by Crippen LogP contribution is -2.02. The number of hydrogen-bond donors (Lipinski definition) is 0. The number of ether oxygens (including phenoxy) is 1. The molecule has 0 aliphatic rings. The molecule has 1 aromatic carbocycles. The number of allylic oxidation sites excluding steroid dienone is 3. The lowest BCUT2D eigenvalue weighted by Gasteiger charge is -1.97. The van der Waals surface area contributed by atoms with E-state index in [9.17, 15) is 4.79 Å². The molecule has 0 aliphatic heterocycles. The van der Waals surface area contributed by atoms with Crippen LogP contribution in [0, 0.1) is 11.3 Å². The van der Waals surface area contributed by atoms with Crippen LogP contribution in [-0.2, 0) is 9.53 Å². The molecule has 0 N–H and O–H groups in total. The highest BCUT2D eigenvalue weighted by atomic mass is 16.5. The molecule has 0 saturated heterocycles. The first kappa shape index (κ1) is 17.4. The van der Waals surface area contributed by atoms with Crippen molar-refractivity contribution in [2.24, 2.45) is 0 Å². The van der Waals surface area contributed by atoms with Crippen LogP contribution in [0.2, 0.25) is 0 Å². The lowest BCUT2D eigenvalue weighted by molar-refractivity contribution is -0.136. The number of carbonyl (C=O) groups is 1. The molecule has 1 aromatic rings. The third-order valence-corrected chi connectivity index (χ3v) is 2.30. The number of benzene rings is 1. The number of nitriles is 1. The van der Waals surface area contributed by atoms with Gasteiger partial charge in [-0.1, -0.05) is 55.1 Å². The van der Waals surface area contributed by atoms with E-state index in [2.05, 4.69) is 30.0 Å². The molecule has 0 aromatic heterocycles. The topological polar surface area (TPSA) is 50.1 Å². The minimum Gasteiger partial charge on any atom is -0.466 e. The fraction of sp³-hybridized carbons (Fsp3) is 0.176. The van der Waals surface area contributed by atoms with Crippen molar-refractivity contribution in [3.63, 3.8) is 0 Å². The Bertz CT molecular complexity index is 522. The van der Waals surface area contributed by atoms with E-state index < -0.39 is 5.97 Å². The van der Waals surface area contributed by atoms with Gasteiger partial charge in [-0.15, -0.1) is 0 Å². The maximum absolute atomic E-state index is 10.7. The first-order valence-corrected chi connectivity index (χ1v) is 6.04. The standard InChI is InChI=1S/C9H10.C8H9NO2/c1-8(2)9-6-4-3-5-7-9;1-7(8(10)11-2)5-3-4-6-9/h3-7H,1H2,2H3;3-4H,1,5H2,2H3. The minimum absolute atomic E-state index is 0.346. The first-order valence-electron chi connectivity index (χ1n) is 6.04. The van der Waals surface area contributed by atoms with Crippen molar-refractivity contribution in [2.75, 3.05) is 7.11 Å². The van der Waals surface area contributed by atoms with E-state index in [1.165, 1.54) is 18.7 Å². The predicted octanol–water partition coefficient (Wildman–Crippen LogP) is 3.91. The van der Waals surface area contributed by atoms with Crippen molar-refractivity contribution in [1.82, 2.24) is 0 Å². The average Bonchev–Trinajstić information content (AvgIpc) is 2.48. The van der Waals surface area contributed by atoms with Crippen LogP contribution in [0.25, 0.3) is 5.57 Å². The molecule has 104 valence electrons. The van der Waals surface area contributed by atoms with Gasteiger partial charge in [-0.2, -0.15) is 5.26 Å². The monoisotopic (exact) mass is 269 g/mol. The molecule has 3 nitrogen and oxygen atoms in total. The average molecular weight is 269 g/mol. The molecule has 0 heterocycles. The molecule has 0 saturated carbocycles. The van der Waals surface area contributed by atoms with Crippen LogP contribution < -0.4 is 0 Å². The summed E-state index contributed by atoms with van der Waals surface area (Å²) in [5.74, 6) is -0.437. The second-order valence-electron chi connectivity index (χ2n) is 3.98. The Morgan fingerprint density at radius 3 is 2.35 bits per heavy atom. The van der Waals surface area contributed by atoms with Crippen molar-refractivity contribution in [1.29, 1.82) is 5.26 Å². The van der Waals surface area contributed by atoms with E-state index in [0.717, 1.165) is 5.57 Å². The smallest absolute Gasteiger partial charge is 0.333 e. The Hall–Kier alpha value is -2.60. The lowest BCUT2D eigenvalue weighted by atomic mass is 10.1. The van der Waals surface area contributed by atoms with Gasteiger partial charge in [-0.05, 0) is 18.9 Å². The maximum atomic E-state index is 10.7. The largest absolute Gasteiger partial charge is 0.466 e. The molecular weight excluding hydrogens is 250 g/mol. The second-order valence-corrected chi connectivity index (χ2v) is 3.98. The molecule has 0 atom stereocenters. The Morgan fingerprint density at radius 2 is 1.95 bits per heavy atom. The maximum Gasteiger partial charge on any atom is 0.333 e. The molecule has 1 rings (SSSR count). The van der Waals surface area contributed by atoms with Gasteiger partial charge in [-0.25, -0.2) is 4.79 Å². The Kier molecular flexibility index (Phi) is 8.99. The zero-order valence-corrected chi connectivity index (χ0v) is 11.9.